The van der Waals surface area contributed by atoms with Crippen molar-refractivity contribution in [2.24, 2.45) is 0 Å². The van der Waals surface area contributed by atoms with Gasteiger partial charge in [0.05, 0.1) is 6.61 Å². The molecule has 0 aliphatic carbocycles. The molecule has 50 valence electrons. The molecule has 0 aromatic rings. The van der Waals surface area contributed by atoms with Gasteiger partial charge in [-0.1, -0.05) is 27.2 Å². The van der Waals surface area contributed by atoms with E-state index in [1.807, 2.05) is 27.2 Å². The van der Waals surface area contributed by atoms with Gasteiger partial charge in [-0.25, -0.2) is 5.11 Å². The monoisotopic (exact) mass is 116 g/mol. The molecule has 0 atom stereocenters. The third-order valence-corrected chi connectivity index (χ3v) is 0.498. The molecule has 0 unspecified atom stereocenters. The van der Waals surface area contributed by atoms with Gasteiger partial charge in [0.25, 0.3) is 0 Å². The van der Waals surface area contributed by atoms with Gasteiger partial charge in [-0.2, -0.15) is 0 Å². The van der Waals surface area contributed by atoms with E-state index >= 15 is 0 Å². The van der Waals surface area contributed by atoms with Gasteiger partial charge >= 0.3 is 0 Å². The maximum atomic E-state index is 9.53. The highest BCUT2D eigenvalue weighted by atomic mass is 16.2. The summed E-state index contributed by atoms with van der Waals surface area (Å²) in [6.45, 7) is 6.11. The molecule has 0 spiro atoms. The fourth-order valence-corrected chi connectivity index (χ4v) is 0.144. The number of hydrogen-bond acceptors (Lipinski definition) is 0. The van der Waals surface area contributed by atoms with Gasteiger partial charge in [0.15, 0.2) is 0 Å². The van der Waals surface area contributed by atoms with Crippen molar-refractivity contribution in [3.63, 3.8) is 0 Å². The Hall–Kier alpha value is -0.0400. The zero-order valence-corrected chi connectivity index (χ0v) is 6.11. The summed E-state index contributed by atoms with van der Waals surface area (Å²) in [4.78, 5) is 0. The maximum Gasteiger partial charge on any atom is 0.0822 e. The average Bonchev–Trinajstić information content (AvgIpc) is 1.71. The van der Waals surface area contributed by atoms with Crippen LogP contribution in [-0.2, 0) is 5.11 Å². The molecule has 0 aliphatic rings. The summed E-state index contributed by atoms with van der Waals surface area (Å²) >= 11 is 0. The maximum absolute atomic E-state index is 9.53. The Balaban J connectivity index is 0. The van der Waals surface area contributed by atoms with Crippen LogP contribution in [0.5, 0.6) is 0 Å². The molecule has 0 aliphatic heterocycles. The highest BCUT2D eigenvalue weighted by molar-refractivity contribution is 4.34. The summed E-state index contributed by atoms with van der Waals surface area (Å²) in [5.41, 5.74) is 0. The first-order chi connectivity index (χ1) is 3.83. The molecule has 1 nitrogen and oxygen atoms in total. The van der Waals surface area contributed by atoms with Crippen molar-refractivity contribution in [1.82, 2.24) is 0 Å². The molecule has 0 aromatic heterocycles. The van der Waals surface area contributed by atoms with Crippen molar-refractivity contribution in [1.29, 1.82) is 0 Å². The fraction of sp³-hybridized carbons (Fsp3) is 0.857. The van der Waals surface area contributed by atoms with Gasteiger partial charge in [-0.3, -0.25) is 0 Å². The quantitative estimate of drug-likeness (QED) is 0.528. The van der Waals surface area contributed by atoms with E-state index in [0.29, 0.717) is 0 Å². The first-order valence-corrected chi connectivity index (χ1v) is 3.15. The second kappa shape index (κ2) is 15.8. The van der Waals surface area contributed by atoms with Crippen molar-refractivity contribution >= 4 is 0 Å². The molecular weight excluding hydrogens is 100 g/mol. The predicted octanol–water partition coefficient (Wildman–Crippen LogP) is 2.45. The van der Waals surface area contributed by atoms with Gasteiger partial charge < -0.3 is 0 Å². The normalized spacial score (nSPS) is 7.50. The molecule has 0 N–H and O–H groups in total. The van der Waals surface area contributed by atoms with Gasteiger partial charge in [0.2, 0.25) is 0 Å². The van der Waals surface area contributed by atoms with Gasteiger partial charge in [0, 0.05) is 0 Å². The molecule has 0 bridgehead atoms. The van der Waals surface area contributed by atoms with Gasteiger partial charge in [0.1, 0.15) is 0 Å². The summed E-state index contributed by atoms with van der Waals surface area (Å²) in [5.74, 6) is 0. The van der Waals surface area contributed by atoms with Crippen LogP contribution in [0.25, 0.3) is 0 Å². The number of rotatable bonds is 2. The highest BCUT2D eigenvalue weighted by Crippen LogP contribution is 1.79. The van der Waals surface area contributed by atoms with Crippen molar-refractivity contribution in [3.8, 4) is 0 Å². The molecular formula is C7H16O. The first-order valence-electron chi connectivity index (χ1n) is 3.15. The third-order valence-electron chi connectivity index (χ3n) is 0.498. The lowest BCUT2D eigenvalue weighted by Crippen LogP contribution is -1.72. The van der Waals surface area contributed by atoms with Gasteiger partial charge in [-0.15, -0.1) is 0 Å². The lowest BCUT2D eigenvalue weighted by atomic mass is 10.4. The van der Waals surface area contributed by atoms with Gasteiger partial charge in [-0.05, 0) is 12.8 Å². The number of hydrogen-bond donors (Lipinski definition) is 0. The van der Waals surface area contributed by atoms with Crippen molar-refractivity contribution < 1.29 is 5.11 Å². The lowest BCUT2D eigenvalue weighted by molar-refractivity contribution is 0.188. The van der Waals surface area contributed by atoms with Crippen LogP contribution in [-0.4, -0.2) is 6.61 Å². The lowest BCUT2D eigenvalue weighted by Gasteiger charge is -1.76. The minimum atomic E-state index is 0.0938. The van der Waals surface area contributed by atoms with E-state index in [1.54, 1.807) is 0 Å². The van der Waals surface area contributed by atoms with Crippen molar-refractivity contribution in [3.05, 3.63) is 6.42 Å². The van der Waals surface area contributed by atoms with E-state index in [-0.39, 0.29) is 6.61 Å². The summed E-state index contributed by atoms with van der Waals surface area (Å²) in [5, 5.41) is 9.53. The molecule has 1 heteroatoms. The molecule has 0 aromatic carbocycles. The Morgan fingerprint density at radius 3 is 1.75 bits per heavy atom. The molecule has 0 amide bonds. The molecule has 0 saturated carbocycles. The Labute approximate surface area is 52.7 Å². The number of unbranched alkanes of at least 4 members (excludes halogenated alkanes) is 1. The summed E-state index contributed by atoms with van der Waals surface area (Å²) in [6, 6.07) is 0. The van der Waals surface area contributed by atoms with E-state index in [9.17, 15) is 5.11 Å². The third kappa shape index (κ3) is 38.2. The molecule has 8 heavy (non-hydrogen) atoms. The Bertz CT molecular complexity index is 18.3. The molecule has 0 fully saturated rings. The largest absolute Gasteiger partial charge is 0.237 e. The highest BCUT2D eigenvalue weighted by Gasteiger charge is 1.71. The SMILES string of the molecule is CCCC[O].C[CH]C. The van der Waals surface area contributed by atoms with Crippen LogP contribution in [0.1, 0.15) is 33.6 Å². The second-order valence-electron chi connectivity index (χ2n) is 1.64. The van der Waals surface area contributed by atoms with E-state index in [4.69, 9.17) is 0 Å². The molecule has 0 heterocycles. The molecule has 0 rings (SSSR count). The minimum Gasteiger partial charge on any atom is -0.237 e. The standard InChI is InChI=1S/C4H9O.C3H7/c1-2-3-4-5;1-3-2/h2-4H2,1H3;3H,1-2H3. The summed E-state index contributed by atoms with van der Waals surface area (Å²) < 4.78 is 0. The zero-order valence-electron chi connectivity index (χ0n) is 6.11. The smallest absolute Gasteiger partial charge is 0.0822 e. The van der Waals surface area contributed by atoms with Crippen LogP contribution in [0.2, 0.25) is 0 Å². The van der Waals surface area contributed by atoms with Crippen LogP contribution in [0, 0.1) is 6.42 Å². The van der Waals surface area contributed by atoms with Crippen molar-refractivity contribution in [2.75, 3.05) is 6.61 Å². The van der Waals surface area contributed by atoms with Crippen molar-refractivity contribution in [2.45, 2.75) is 33.6 Å². The average molecular weight is 116 g/mol. The fourth-order valence-electron chi connectivity index (χ4n) is 0.144. The van der Waals surface area contributed by atoms with E-state index < -0.39 is 0 Å². The Kier molecular flexibility index (Phi) is 21.4. The van der Waals surface area contributed by atoms with Crippen LogP contribution in [0.3, 0.4) is 0 Å². The molecule has 0 saturated heterocycles. The summed E-state index contributed by atoms with van der Waals surface area (Å²) in [7, 11) is 0. The molecule has 2 radical (unpaired) electrons. The van der Waals surface area contributed by atoms with E-state index in [1.165, 1.54) is 0 Å². The van der Waals surface area contributed by atoms with Crippen LogP contribution in [0.4, 0.5) is 0 Å². The minimum absolute atomic E-state index is 0.0938. The topological polar surface area (TPSA) is 19.9 Å². The van der Waals surface area contributed by atoms with E-state index in [0.717, 1.165) is 12.8 Å². The second-order valence-corrected chi connectivity index (χ2v) is 1.64. The Morgan fingerprint density at radius 1 is 1.38 bits per heavy atom. The zero-order chi connectivity index (χ0) is 6.83. The van der Waals surface area contributed by atoms with E-state index in [2.05, 4.69) is 0 Å². The van der Waals surface area contributed by atoms with Crippen LogP contribution in [0.15, 0.2) is 0 Å². The summed E-state index contributed by atoms with van der Waals surface area (Å²) in [6.07, 6.45) is 3.86. The van der Waals surface area contributed by atoms with Crippen LogP contribution >= 0.6 is 0 Å². The first kappa shape index (κ1) is 10.9. The predicted molar refractivity (Wildman–Crippen MR) is 36.1 cm³/mol. The van der Waals surface area contributed by atoms with Crippen LogP contribution < -0.4 is 0 Å². The Morgan fingerprint density at radius 2 is 1.75 bits per heavy atom.